The lowest BCUT2D eigenvalue weighted by Crippen LogP contribution is -2.54. The van der Waals surface area contributed by atoms with E-state index in [2.05, 4.69) is 22.1 Å². The Kier molecular flexibility index (Phi) is 8.52. The van der Waals surface area contributed by atoms with Crippen LogP contribution in [0, 0.1) is 11.8 Å². The maximum Gasteiger partial charge on any atom is 0.413 e. The third-order valence-electron chi connectivity index (χ3n) is 5.56. The smallest absolute Gasteiger partial charge is 0.413 e. The molecule has 1 fully saturated rings. The zero-order valence-electron chi connectivity index (χ0n) is 21.6. The molecule has 2 heterocycles. The summed E-state index contributed by atoms with van der Waals surface area (Å²) in [6, 6.07) is 8.92. The van der Waals surface area contributed by atoms with Gasteiger partial charge in [-0.15, -0.1) is 5.92 Å². The van der Waals surface area contributed by atoms with E-state index in [4.69, 9.17) is 4.74 Å². The Bertz CT molecular complexity index is 1390. The number of aromatic nitrogens is 1. The summed E-state index contributed by atoms with van der Waals surface area (Å²) in [5.74, 6) is 6.11. The summed E-state index contributed by atoms with van der Waals surface area (Å²) in [4.78, 5) is 18.2. The van der Waals surface area contributed by atoms with Crippen LogP contribution in [0.25, 0.3) is 0 Å². The third kappa shape index (κ3) is 7.00. The van der Waals surface area contributed by atoms with E-state index in [1.165, 1.54) is 22.6 Å². The van der Waals surface area contributed by atoms with Crippen molar-refractivity contribution in [2.45, 2.75) is 56.1 Å². The maximum absolute atomic E-state index is 13.3. The molecule has 1 aliphatic rings. The summed E-state index contributed by atoms with van der Waals surface area (Å²) < 4.78 is 57.5. The Morgan fingerprint density at radius 3 is 2.27 bits per heavy atom. The van der Waals surface area contributed by atoms with Gasteiger partial charge in [0.1, 0.15) is 22.4 Å². The van der Waals surface area contributed by atoms with Crippen LogP contribution >= 0.6 is 0 Å². The highest BCUT2D eigenvalue weighted by Crippen LogP contribution is 2.26. The Morgan fingerprint density at radius 2 is 1.73 bits per heavy atom. The van der Waals surface area contributed by atoms with Gasteiger partial charge < -0.3 is 9.64 Å². The molecule has 200 valence electrons. The number of ether oxygens (including phenoxy) is 1. The van der Waals surface area contributed by atoms with Gasteiger partial charge in [0.05, 0.1) is 10.6 Å². The quantitative estimate of drug-likeness (QED) is 0.546. The minimum Gasteiger partial charge on any atom is -0.444 e. The Labute approximate surface area is 219 Å². The molecule has 1 aromatic carbocycles. The van der Waals surface area contributed by atoms with Crippen LogP contribution in [0.5, 0.6) is 0 Å². The SMILES string of the molecule is CC#C[C@H]1CN(S(=O)(=O)c2ccc(NC(=O)OC(C)(C)C)nc2)CCN1c1ccc(S(=O)(=O)CC)cc1. The average Bonchev–Trinajstić information content (AvgIpc) is 2.83. The Balaban J connectivity index is 1.75. The van der Waals surface area contributed by atoms with Gasteiger partial charge in [-0.25, -0.2) is 26.6 Å². The number of hydrogen-bond donors (Lipinski definition) is 1. The van der Waals surface area contributed by atoms with E-state index in [1.54, 1.807) is 58.9 Å². The Hall–Kier alpha value is -3.14. The van der Waals surface area contributed by atoms with Crippen LogP contribution in [0.15, 0.2) is 52.4 Å². The van der Waals surface area contributed by atoms with Gasteiger partial charge in [0.2, 0.25) is 10.0 Å². The fourth-order valence-corrected chi connectivity index (χ4v) is 6.02. The molecule has 0 aliphatic carbocycles. The van der Waals surface area contributed by atoms with Gasteiger partial charge in [-0.1, -0.05) is 12.8 Å². The van der Waals surface area contributed by atoms with Crippen molar-refractivity contribution in [2.24, 2.45) is 0 Å². The molecular formula is C25H32N4O6S2. The van der Waals surface area contributed by atoms with Crippen LogP contribution in [-0.2, 0) is 24.6 Å². The van der Waals surface area contributed by atoms with Crippen LogP contribution in [0.3, 0.4) is 0 Å². The third-order valence-corrected chi connectivity index (χ3v) is 9.16. The molecule has 0 spiro atoms. The first-order valence-corrected chi connectivity index (χ1v) is 14.8. The topological polar surface area (TPSA) is 126 Å². The summed E-state index contributed by atoms with van der Waals surface area (Å²) in [5, 5.41) is 2.48. The normalized spacial score (nSPS) is 17.0. The molecule has 1 aromatic heterocycles. The minimum absolute atomic E-state index is 0.00646. The zero-order valence-corrected chi connectivity index (χ0v) is 23.2. The number of piperazine rings is 1. The number of anilines is 2. The highest BCUT2D eigenvalue weighted by atomic mass is 32.2. The molecule has 1 saturated heterocycles. The number of benzene rings is 1. The first-order chi connectivity index (χ1) is 17.3. The van der Waals surface area contributed by atoms with Gasteiger partial charge in [-0.3, -0.25) is 5.32 Å². The fourth-order valence-electron chi connectivity index (χ4n) is 3.75. The predicted molar refractivity (Wildman–Crippen MR) is 142 cm³/mol. The maximum atomic E-state index is 13.3. The van der Waals surface area contributed by atoms with Gasteiger partial charge in [0, 0.05) is 31.5 Å². The van der Waals surface area contributed by atoms with Crippen molar-refractivity contribution in [3.05, 3.63) is 42.6 Å². The van der Waals surface area contributed by atoms with Gasteiger partial charge in [-0.2, -0.15) is 4.31 Å². The lowest BCUT2D eigenvalue weighted by molar-refractivity contribution is 0.0635. The zero-order chi connectivity index (χ0) is 27.4. The second-order valence-electron chi connectivity index (χ2n) is 9.37. The molecule has 0 saturated carbocycles. The molecule has 12 heteroatoms. The molecular weight excluding hydrogens is 516 g/mol. The average molecular weight is 549 g/mol. The van der Waals surface area contributed by atoms with Crippen molar-refractivity contribution >= 4 is 37.5 Å². The molecule has 2 aromatic rings. The number of carbonyl (C=O) groups is 1. The number of hydrogen-bond acceptors (Lipinski definition) is 8. The number of nitrogens with one attached hydrogen (secondary N) is 1. The highest BCUT2D eigenvalue weighted by molar-refractivity contribution is 7.91. The van der Waals surface area contributed by atoms with Gasteiger partial charge in [0.25, 0.3) is 0 Å². The van der Waals surface area contributed by atoms with Crippen molar-refractivity contribution in [3.63, 3.8) is 0 Å². The van der Waals surface area contributed by atoms with Crippen LogP contribution < -0.4 is 10.2 Å². The van der Waals surface area contributed by atoms with E-state index >= 15 is 0 Å². The van der Waals surface area contributed by atoms with E-state index in [-0.39, 0.29) is 34.5 Å². The molecule has 37 heavy (non-hydrogen) atoms. The van der Waals surface area contributed by atoms with E-state index < -0.39 is 37.6 Å². The van der Waals surface area contributed by atoms with E-state index in [0.717, 1.165) is 5.69 Å². The standard InChI is InChI=1S/C25H32N4O6S2/c1-6-8-20-18-28(15-16-29(20)19-9-11-21(12-10-19)36(31,32)7-2)37(33,34)22-13-14-23(26-17-22)27-24(30)35-25(3,4)5/h9-14,17,20H,7,15-16,18H2,1-5H3,(H,26,27,30)/t20-/m0/s1. The molecule has 1 amide bonds. The summed E-state index contributed by atoms with van der Waals surface area (Å²) in [5.41, 5.74) is 0.0851. The molecule has 1 N–H and O–H groups in total. The lowest BCUT2D eigenvalue weighted by atomic mass is 10.1. The summed E-state index contributed by atoms with van der Waals surface area (Å²) in [7, 11) is -7.19. The first kappa shape index (κ1) is 28.4. The van der Waals surface area contributed by atoms with Crippen molar-refractivity contribution in [1.82, 2.24) is 9.29 Å². The molecule has 1 aliphatic heterocycles. The predicted octanol–water partition coefficient (Wildman–Crippen LogP) is 3.13. The molecule has 3 rings (SSSR count). The number of sulfonamides is 1. The summed E-state index contributed by atoms with van der Waals surface area (Å²) >= 11 is 0. The van der Waals surface area contributed by atoms with Crippen molar-refractivity contribution in [2.75, 3.05) is 35.6 Å². The highest BCUT2D eigenvalue weighted by Gasteiger charge is 2.34. The second-order valence-corrected chi connectivity index (χ2v) is 13.6. The van der Waals surface area contributed by atoms with Crippen LogP contribution in [0.1, 0.15) is 34.6 Å². The number of amides is 1. The first-order valence-electron chi connectivity index (χ1n) is 11.7. The summed E-state index contributed by atoms with van der Waals surface area (Å²) in [6.07, 6.45) is 0.509. The molecule has 1 atom stereocenters. The number of rotatable bonds is 6. The number of pyridine rings is 1. The number of carbonyl (C=O) groups excluding carboxylic acids is 1. The van der Waals surface area contributed by atoms with E-state index in [1.807, 2.05) is 4.90 Å². The molecule has 0 radical (unpaired) electrons. The van der Waals surface area contributed by atoms with Crippen molar-refractivity contribution < 1.29 is 26.4 Å². The van der Waals surface area contributed by atoms with Crippen molar-refractivity contribution in [3.8, 4) is 11.8 Å². The van der Waals surface area contributed by atoms with Crippen molar-refractivity contribution in [1.29, 1.82) is 0 Å². The van der Waals surface area contributed by atoms with Gasteiger partial charge in [0.15, 0.2) is 9.84 Å². The molecule has 0 bridgehead atoms. The number of nitrogens with zero attached hydrogens (tertiary/aromatic N) is 3. The van der Waals surface area contributed by atoms with Gasteiger partial charge in [-0.05, 0) is 64.1 Å². The lowest BCUT2D eigenvalue weighted by Gasteiger charge is -2.39. The van der Waals surface area contributed by atoms with E-state index in [0.29, 0.717) is 6.54 Å². The minimum atomic E-state index is -3.87. The molecule has 0 unspecified atom stereocenters. The second kappa shape index (κ2) is 11.1. The summed E-state index contributed by atoms with van der Waals surface area (Å²) in [6.45, 7) is 9.17. The fraction of sp³-hybridized carbons (Fsp3) is 0.440. The molecule has 10 nitrogen and oxygen atoms in total. The van der Waals surface area contributed by atoms with Crippen LogP contribution in [0.4, 0.5) is 16.3 Å². The monoisotopic (exact) mass is 548 g/mol. The van der Waals surface area contributed by atoms with Gasteiger partial charge >= 0.3 is 6.09 Å². The number of sulfone groups is 1. The van der Waals surface area contributed by atoms with E-state index in [9.17, 15) is 21.6 Å². The Morgan fingerprint density at radius 1 is 1.08 bits per heavy atom. The van der Waals surface area contributed by atoms with Crippen LogP contribution in [0.2, 0.25) is 0 Å². The van der Waals surface area contributed by atoms with Crippen LogP contribution in [-0.4, -0.2) is 69.2 Å². The largest absolute Gasteiger partial charge is 0.444 e.